The van der Waals surface area contributed by atoms with Gasteiger partial charge < -0.3 is 0 Å². The molecule has 0 bridgehead atoms. The first kappa shape index (κ1) is 10.5. The van der Waals surface area contributed by atoms with E-state index in [1.807, 2.05) is 6.92 Å². The van der Waals surface area contributed by atoms with Crippen LogP contribution in [0.1, 0.15) is 19.8 Å². The Hall–Kier alpha value is -1.59. The van der Waals surface area contributed by atoms with Gasteiger partial charge in [0, 0.05) is 13.6 Å². The first-order valence-corrected chi connectivity index (χ1v) is 4.48. The summed E-state index contributed by atoms with van der Waals surface area (Å²) in [6, 6.07) is 0. The second-order valence-corrected chi connectivity index (χ2v) is 3.08. The highest BCUT2D eigenvalue weighted by atomic mass is 16.2. The molecule has 78 valence electrons. The molecule has 1 N–H and O–H groups in total. The van der Waals surface area contributed by atoms with Crippen molar-refractivity contribution in [1.82, 2.24) is 14.1 Å². The van der Waals surface area contributed by atoms with Gasteiger partial charge in [0.25, 0.3) is 0 Å². The van der Waals surface area contributed by atoms with Crippen LogP contribution in [0.15, 0.2) is 14.4 Å². The first-order valence-electron chi connectivity index (χ1n) is 4.48. The van der Waals surface area contributed by atoms with Crippen molar-refractivity contribution >= 4 is 0 Å². The molecular weight excluding hydrogens is 186 g/mol. The Balaban J connectivity index is 3.31. The highest BCUT2D eigenvalue weighted by molar-refractivity contribution is 4.72. The minimum atomic E-state index is -0.673. The zero-order valence-corrected chi connectivity index (χ0v) is 8.24. The molecule has 0 atom stereocenters. The topological polar surface area (TPSA) is 76.9 Å². The van der Waals surface area contributed by atoms with Gasteiger partial charge in [-0.3, -0.25) is 4.98 Å². The summed E-state index contributed by atoms with van der Waals surface area (Å²) in [6.07, 6.45) is 1.62. The molecule has 0 aliphatic heterocycles. The van der Waals surface area contributed by atoms with E-state index in [4.69, 9.17) is 0 Å². The summed E-state index contributed by atoms with van der Waals surface area (Å²) < 4.78 is 1.92. The van der Waals surface area contributed by atoms with Crippen LogP contribution < -0.4 is 17.1 Å². The Morgan fingerprint density at radius 1 is 1.21 bits per heavy atom. The van der Waals surface area contributed by atoms with Crippen LogP contribution in [0, 0.1) is 0 Å². The Labute approximate surface area is 79.8 Å². The fraction of sp³-hybridized carbons (Fsp3) is 0.625. The van der Waals surface area contributed by atoms with Crippen LogP contribution in [0.2, 0.25) is 0 Å². The van der Waals surface area contributed by atoms with Gasteiger partial charge in [-0.25, -0.2) is 23.5 Å². The number of nitrogens with one attached hydrogen (secondary N) is 1. The highest BCUT2D eigenvalue weighted by Gasteiger charge is 2.04. The summed E-state index contributed by atoms with van der Waals surface area (Å²) in [5.74, 6) is 0. The third kappa shape index (κ3) is 1.84. The van der Waals surface area contributed by atoms with Crippen LogP contribution in [-0.2, 0) is 13.6 Å². The second kappa shape index (κ2) is 4.08. The lowest BCUT2D eigenvalue weighted by Gasteiger charge is -2.03. The van der Waals surface area contributed by atoms with Crippen LogP contribution >= 0.6 is 0 Å². The van der Waals surface area contributed by atoms with Crippen molar-refractivity contribution in [2.45, 2.75) is 26.3 Å². The lowest BCUT2D eigenvalue weighted by molar-refractivity contribution is 0.525. The fourth-order valence-corrected chi connectivity index (χ4v) is 1.11. The Kier molecular flexibility index (Phi) is 3.06. The normalized spacial score (nSPS) is 10.4. The largest absolute Gasteiger partial charge is 0.336 e. The molecule has 0 amide bonds. The average Bonchev–Trinajstić information content (AvgIpc) is 2.14. The van der Waals surface area contributed by atoms with Crippen molar-refractivity contribution in [2.24, 2.45) is 7.05 Å². The van der Waals surface area contributed by atoms with Gasteiger partial charge in [-0.1, -0.05) is 13.3 Å². The van der Waals surface area contributed by atoms with Crippen LogP contribution in [0.5, 0.6) is 0 Å². The van der Waals surface area contributed by atoms with E-state index in [2.05, 4.69) is 4.98 Å². The maximum absolute atomic E-state index is 11.4. The number of rotatable bonds is 3. The quantitative estimate of drug-likeness (QED) is 0.680. The van der Waals surface area contributed by atoms with Gasteiger partial charge in [-0.15, -0.1) is 0 Å². The number of H-pyrrole nitrogens is 1. The predicted octanol–water partition coefficient (Wildman–Crippen LogP) is -0.965. The minimum absolute atomic E-state index is 0.346. The highest BCUT2D eigenvalue weighted by Crippen LogP contribution is 1.86. The molecule has 0 aliphatic rings. The summed E-state index contributed by atoms with van der Waals surface area (Å²) >= 11 is 0. The van der Waals surface area contributed by atoms with E-state index in [0.717, 1.165) is 22.0 Å². The summed E-state index contributed by atoms with van der Waals surface area (Å²) in [5.41, 5.74) is -1.87. The van der Waals surface area contributed by atoms with E-state index >= 15 is 0 Å². The molecule has 0 aliphatic carbocycles. The summed E-state index contributed by atoms with van der Waals surface area (Å²) in [5, 5.41) is 0. The molecule has 6 heteroatoms. The Bertz CT molecular complexity index is 480. The van der Waals surface area contributed by atoms with Crippen LogP contribution in [0.25, 0.3) is 0 Å². The molecule has 0 unspecified atom stereocenters. The van der Waals surface area contributed by atoms with E-state index in [9.17, 15) is 14.4 Å². The van der Waals surface area contributed by atoms with Crippen molar-refractivity contribution in [1.29, 1.82) is 0 Å². The van der Waals surface area contributed by atoms with E-state index in [1.54, 1.807) is 0 Å². The van der Waals surface area contributed by atoms with E-state index in [1.165, 1.54) is 7.05 Å². The van der Waals surface area contributed by atoms with Gasteiger partial charge in [-0.05, 0) is 6.42 Å². The zero-order chi connectivity index (χ0) is 10.7. The minimum Gasteiger partial charge on any atom is -0.259 e. The zero-order valence-electron chi connectivity index (χ0n) is 8.24. The van der Waals surface area contributed by atoms with Gasteiger partial charge in [0.05, 0.1) is 0 Å². The van der Waals surface area contributed by atoms with E-state index in [-0.39, 0.29) is 0 Å². The monoisotopic (exact) mass is 199 g/mol. The number of hydrogen-bond donors (Lipinski definition) is 1. The molecular formula is C8H13N3O3. The summed E-state index contributed by atoms with van der Waals surface area (Å²) in [6.45, 7) is 2.31. The van der Waals surface area contributed by atoms with E-state index in [0.29, 0.717) is 6.54 Å². The molecule has 14 heavy (non-hydrogen) atoms. The van der Waals surface area contributed by atoms with Gasteiger partial charge in [0.15, 0.2) is 0 Å². The van der Waals surface area contributed by atoms with Gasteiger partial charge in [0.2, 0.25) is 0 Å². The first-order chi connectivity index (χ1) is 6.57. The van der Waals surface area contributed by atoms with Crippen LogP contribution in [0.4, 0.5) is 0 Å². The Morgan fingerprint density at radius 2 is 1.86 bits per heavy atom. The van der Waals surface area contributed by atoms with Crippen molar-refractivity contribution in [3.8, 4) is 0 Å². The number of nitrogens with zero attached hydrogens (tertiary/aromatic N) is 2. The molecule has 1 aromatic heterocycles. The van der Waals surface area contributed by atoms with Gasteiger partial charge in [0.1, 0.15) is 0 Å². The second-order valence-electron chi connectivity index (χ2n) is 3.08. The predicted molar refractivity (Wildman–Crippen MR) is 51.5 cm³/mol. The third-order valence-corrected chi connectivity index (χ3v) is 2.02. The molecule has 1 aromatic rings. The summed E-state index contributed by atoms with van der Waals surface area (Å²) in [7, 11) is 1.34. The number of aromatic nitrogens is 3. The number of hydrogen-bond acceptors (Lipinski definition) is 3. The lowest BCUT2D eigenvalue weighted by Crippen LogP contribution is -2.48. The number of unbranched alkanes of at least 4 members (excludes halogenated alkanes) is 1. The molecule has 0 saturated carbocycles. The van der Waals surface area contributed by atoms with Crippen LogP contribution in [0.3, 0.4) is 0 Å². The summed E-state index contributed by atoms with van der Waals surface area (Å²) in [4.78, 5) is 35.7. The maximum atomic E-state index is 11.4. The SMILES string of the molecule is CCCCn1c(=O)[nH]c(=O)n(C)c1=O. The molecule has 0 aromatic carbocycles. The number of aromatic amines is 1. The molecule has 1 rings (SSSR count). The van der Waals surface area contributed by atoms with Crippen molar-refractivity contribution in [2.75, 3.05) is 0 Å². The Morgan fingerprint density at radius 3 is 2.43 bits per heavy atom. The fourth-order valence-electron chi connectivity index (χ4n) is 1.11. The van der Waals surface area contributed by atoms with Crippen LogP contribution in [-0.4, -0.2) is 14.1 Å². The lowest BCUT2D eigenvalue weighted by atomic mass is 10.3. The average molecular weight is 199 g/mol. The molecule has 1 heterocycles. The molecule has 0 radical (unpaired) electrons. The van der Waals surface area contributed by atoms with Crippen molar-refractivity contribution in [3.63, 3.8) is 0 Å². The standard InChI is InChI=1S/C8H13N3O3/c1-3-4-5-11-7(13)9-6(12)10(2)8(11)14/h3-5H2,1-2H3,(H,9,12,13). The van der Waals surface area contributed by atoms with E-state index < -0.39 is 17.1 Å². The molecule has 0 fully saturated rings. The third-order valence-electron chi connectivity index (χ3n) is 2.02. The van der Waals surface area contributed by atoms with Gasteiger partial charge >= 0.3 is 17.1 Å². The smallest absolute Gasteiger partial charge is 0.259 e. The van der Waals surface area contributed by atoms with Crippen molar-refractivity contribution in [3.05, 3.63) is 31.5 Å². The molecule has 6 nitrogen and oxygen atoms in total. The molecule has 0 spiro atoms. The van der Waals surface area contributed by atoms with Crippen molar-refractivity contribution < 1.29 is 0 Å². The van der Waals surface area contributed by atoms with Gasteiger partial charge in [-0.2, -0.15) is 0 Å². The molecule has 0 saturated heterocycles. The maximum Gasteiger partial charge on any atom is 0.336 e.